The highest BCUT2D eigenvalue weighted by Gasteiger charge is 2.28. The van der Waals surface area contributed by atoms with Gasteiger partial charge >= 0.3 is 0 Å². The maximum atomic E-state index is 13.3. The molecule has 1 aliphatic heterocycles. The Bertz CT molecular complexity index is 1230. The lowest BCUT2D eigenvalue weighted by Gasteiger charge is -2.22. The average Bonchev–Trinajstić information content (AvgIpc) is 3.31. The molecule has 2 unspecified atom stereocenters. The first-order valence-electron chi connectivity index (χ1n) is 11.9. The van der Waals surface area contributed by atoms with Crippen LogP contribution in [0, 0.1) is 11.3 Å². The Morgan fingerprint density at radius 1 is 1.06 bits per heavy atom. The number of hydrogen-bond acceptors (Lipinski definition) is 5. The number of amides is 2. The number of hydrogen-bond donors (Lipinski definition) is 2. The van der Waals surface area contributed by atoms with Crippen LogP contribution >= 0.6 is 0 Å². The van der Waals surface area contributed by atoms with Gasteiger partial charge in [0.2, 0.25) is 0 Å². The van der Waals surface area contributed by atoms with Crippen LogP contribution in [0.1, 0.15) is 82.1 Å². The van der Waals surface area contributed by atoms with Gasteiger partial charge in [-0.3, -0.25) is 9.59 Å². The van der Waals surface area contributed by atoms with Crippen LogP contribution in [0.5, 0.6) is 0 Å². The van der Waals surface area contributed by atoms with Gasteiger partial charge in [0.15, 0.2) is 0 Å². The summed E-state index contributed by atoms with van der Waals surface area (Å²) in [4.78, 5) is 30.8. The van der Waals surface area contributed by atoms with E-state index in [0.717, 1.165) is 17.5 Å². The Morgan fingerprint density at radius 2 is 1.77 bits per heavy atom. The SMILES string of the molecule is CCC(NC(=O)c1cc(C(=O)NC(CC)c2ccc(C#N)nc2)n2c1COCC2)c1ccccc1. The number of aromatic nitrogens is 2. The number of ether oxygens (including phenoxy) is 1. The van der Waals surface area contributed by atoms with Crippen molar-refractivity contribution < 1.29 is 14.3 Å². The van der Waals surface area contributed by atoms with E-state index in [2.05, 4.69) is 15.6 Å². The molecule has 1 aliphatic rings. The van der Waals surface area contributed by atoms with Gasteiger partial charge in [-0.25, -0.2) is 4.98 Å². The summed E-state index contributed by atoms with van der Waals surface area (Å²) in [5.74, 6) is -0.490. The predicted molar refractivity (Wildman–Crippen MR) is 130 cm³/mol. The van der Waals surface area contributed by atoms with Crippen LogP contribution in [0.3, 0.4) is 0 Å². The number of nitrogens with one attached hydrogen (secondary N) is 2. The van der Waals surface area contributed by atoms with Crippen molar-refractivity contribution in [3.8, 4) is 6.07 Å². The van der Waals surface area contributed by atoms with Crippen LogP contribution in [0.4, 0.5) is 0 Å². The fourth-order valence-electron chi connectivity index (χ4n) is 4.38. The Morgan fingerprint density at radius 3 is 2.43 bits per heavy atom. The number of fused-ring (bicyclic) bond motifs is 1. The second kappa shape index (κ2) is 11.0. The van der Waals surface area contributed by atoms with Gasteiger partial charge in [0.1, 0.15) is 17.5 Å². The molecule has 0 saturated carbocycles. The Balaban J connectivity index is 1.58. The number of nitrogens with zero attached hydrogens (tertiary/aromatic N) is 3. The molecule has 3 aromatic rings. The molecule has 0 saturated heterocycles. The molecule has 180 valence electrons. The zero-order valence-corrected chi connectivity index (χ0v) is 20.0. The molecule has 0 fully saturated rings. The number of carbonyl (C=O) groups is 2. The number of pyridine rings is 1. The minimum absolute atomic E-state index is 0.130. The minimum atomic E-state index is -0.270. The zero-order valence-electron chi connectivity index (χ0n) is 20.0. The molecule has 2 atom stereocenters. The van der Waals surface area contributed by atoms with Crippen LogP contribution in [0.2, 0.25) is 0 Å². The lowest BCUT2D eigenvalue weighted by molar-refractivity contribution is 0.0773. The molecule has 2 N–H and O–H groups in total. The first kappa shape index (κ1) is 24.2. The maximum absolute atomic E-state index is 13.3. The normalized spacial score (nSPS) is 14.3. The number of nitriles is 1. The van der Waals surface area contributed by atoms with Gasteiger partial charge in [-0.2, -0.15) is 5.26 Å². The third kappa shape index (κ3) is 5.26. The summed E-state index contributed by atoms with van der Waals surface area (Å²) < 4.78 is 7.50. The third-order valence-corrected chi connectivity index (χ3v) is 6.32. The van der Waals surface area contributed by atoms with Crippen molar-refractivity contribution >= 4 is 11.8 Å². The van der Waals surface area contributed by atoms with Crippen LogP contribution in [-0.4, -0.2) is 28.0 Å². The Labute approximate surface area is 204 Å². The number of benzene rings is 1. The largest absolute Gasteiger partial charge is 0.373 e. The van der Waals surface area contributed by atoms with E-state index in [-0.39, 0.29) is 30.5 Å². The molecule has 2 aromatic heterocycles. The van der Waals surface area contributed by atoms with Crippen molar-refractivity contribution in [2.75, 3.05) is 6.61 Å². The molecule has 4 rings (SSSR count). The van der Waals surface area contributed by atoms with Crippen molar-refractivity contribution in [2.45, 2.75) is 51.9 Å². The topological polar surface area (TPSA) is 109 Å². The highest BCUT2D eigenvalue weighted by atomic mass is 16.5. The van der Waals surface area contributed by atoms with E-state index in [4.69, 9.17) is 10.00 Å². The highest BCUT2D eigenvalue weighted by Crippen LogP contribution is 2.24. The quantitative estimate of drug-likeness (QED) is 0.515. The van der Waals surface area contributed by atoms with Crippen LogP contribution in [0.15, 0.2) is 54.7 Å². The first-order chi connectivity index (χ1) is 17.0. The summed E-state index contributed by atoms with van der Waals surface area (Å²) in [7, 11) is 0. The lowest BCUT2D eigenvalue weighted by atomic mass is 10.0. The minimum Gasteiger partial charge on any atom is -0.373 e. The third-order valence-electron chi connectivity index (χ3n) is 6.32. The molecular formula is C27H29N5O3. The summed E-state index contributed by atoms with van der Waals surface area (Å²) >= 11 is 0. The second-order valence-electron chi connectivity index (χ2n) is 8.46. The maximum Gasteiger partial charge on any atom is 0.268 e. The molecular weight excluding hydrogens is 442 g/mol. The van der Waals surface area contributed by atoms with Crippen molar-refractivity contribution in [1.29, 1.82) is 5.26 Å². The Kier molecular flexibility index (Phi) is 7.58. The molecule has 0 bridgehead atoms. The van der Waals surface area contributed by atoms with E-state index in [0.29, 0.717) is 42.2 Å². The van der Waals surface area contributed by atoms with Gasteiger partial charge < -0.3 is 19.9 Å². The van der Waals surface area contributed by atoms with Gasteiger partial charge in [-0.1, -0.05) is 50.2 Å². The fraction of sp³-hybridized carbons (Fsp3) is 0.333. The van der Waals surface area contributed by atoms with Crippen LogP contribution < -0.4 is 10.6 Å². The monoisotopic (exact) mass is 471 g/mol. The molecule has 0 aliphatic carbocycles. The molecule has 35 heavy (non-hydrogen) atoms. The van der Waals surface area contributed by atoms with Crippen molar-refractivity contribution in [3.63, 3.8) is 0 Å². The summed E-state index contributed by atoms with van der Waals surface area (Å²) in [6, 6.07) is 16.5. The smallest absolute Gasteiger partial charge is 0.268 e. The van der Waals surface area contributed by atoms with Gasteiger partial charge in [-0.15, -0.1) is 0 Å². The fourth-order valence-corrected chi connectivity index (χ4v) is 4.38. The van der Waals surface area contributed by atoms with E-state index in [1.807, 2.05) is 54.8 Å². The molecule has 0 radical (unpaired) electrons. The summed E-state index contributed by atoms with van der Waals surface area (Å²) in [6.45, 7) is 5.24. The van der Waals surface area contributed by atoms with Gasteiger partial charge in [0.25, 0.3) is 11.8 Å². The van der Waals surface area contributed by atoms with Gasteiger partial charge in [0.05, 0.1) is 36.6 Å². The van der Waals surface area contributed by atoms with E-state index in [1.54, 1.807) is 24.4 Å². The molecule has 3 heterocycles. The molecule has 8 heteroatoms. The van der Waals surface area contributed by atoms with E-state index >= 15 is 0 Å². The summed E-state index contributed by atoms with van der Waals surface area (Å²) in [6.07, 6.45) is 3.01. The predicted octanol–water partition coefficient (Wildman–Crippen LogP) is 4.05. The van der Waals surface area contributed by atoms with Crippen LogP contribution in [0.25, 0.3) is 0 Å². The second-order valence-corrected chi connectivity index (χ2v) is 8.46. The van der Waals surface area contributed by atoms with E-state index < -0.39 is 0 Å². The average molecular weight is 472 g/mol. The molecule has 2 amide bonds. The van der Waals surface area contributed by atoms with Crippen molar-refractivity contribution in [3.05, 3.63) is 88.5 Å². The van der Waals surface area contributed by atoms with Gasteiger partial charge in [-0.05, 0) is 36.1 Å². The van der Waals surface area contributed by atoms with Crippen LogP contribution in [-0.2, 0) is 17.9 Å². The summed E-state index contributed by atoms with van der Waals surface area (Å²) in [5, 5.41) is 15.2. The molecule has 8 nitrogen and oxygen atoms in total. The molecule has 1 aromatic carbocycles. The number of rotatable bonds is 8. The van der Waals surface area contributed by atoms with Crippen molar-refractivity contribution in [1.82, 2.24) is 20.2 Å². The zero-order chi connectivity index (χ0) is 24.8. The van der Waals surface area contributed by atoms with E-state index in [9.17, 15) is 9.59 Å². The van der Waals surface area contributed by atoms with E-state index in [1.165, 1.54) is 0 Å². The lowest BCUT2D eigenvalue weighted by Crippen LogP contribution is -2.31. The first-order valence-corrected chi connectivity index (χ1v) is 11.9. The summed E-state index contributed by atoms with van der Waals surface area (Å²) in [5.41, 5.74) is 3.77. The number of carbonyl (C=O) groups excluding carboxylic acids is 2. The van der Waals surface area contributed by atoms with Crippen molar-refractivity contribution in [2.24, 2.45) is 0 Å². The highest BCUT2D eigenvalue weighted by molar-refractivity contribution is 6.01. The standard InChI is InChI=1S/C27H29N5O3/c1-3-22(18-8-6-5-7-9-18)30-26(33)21-14-24(32-12-13-35-17-25(21)32)27(34)31-23(4-2)19-10-11-20(15-28)29-16-19/h5-11,14,16,22-23H,3-4,12-13,17H2,1-2H3,(H,30,33)(H,31,34). The molecule has 0 spiro atoms. The Hall–Kier alpha value is -3.96. The van der Waals surface area contributed by atoms with Gasteiger partial charge in [0, 0.05) is 12.7 Å².